The molecular weight excluding hydrogens is 390 g/mol. The molecule has 3 nitrogen and oxygen atoms in total. The van der Waals surface area contributed by atoms with Crippen molar-refractivity contribution in [1.29, 1.82) is 0 Å². The van der Waals surface area contributed by atoms with Crippen molar-refractivity contribution in [1.82, 2.24) is 10.2 Å². The van der Waals surface area contributed by atoms with E-state index in [1.165, 1.54) is 22.3 Å². The summed E-state index contributed by atoms with van der Waals surface area (Å²) in [5.74, 6) is 0.699. The zero-order valence-corrected chi connectivity index (χ0v) is 18.7. The molecule has 156 valence electrons. The number of nitrogens with zero attached hydrogens (tertiary/aromatic N) is 2. The third kappa shape index (κ3) is 3.97. The monoisotopic (exact) mass is 419 g/mol. The molecule has 2 aromatic carbocycles. The number of nitrogens with one attached hydrogen (secondary N) is 1. The van der Waals surface area contributed by atoms with Crippen LogP contribution in [0.1, 0.15) is 42.9 Å². The maximum absolute atomic E-state index is 6.40. The molecular formula is C26H30ClN3. The Morgan fingerprint density at radius 3 is 2.57 bits per heavy atom. The van der Waals surface area contributed by atoms with Crippen LogP contribution >= 0.6 is 11.6 Å². The van der Waals surface area contributed by atoms with Gasteiger partial charge in [-0.25, -0.2) is 4.99 Å². The normalized spacial score (nSPS) is 21.0. The quantitative estimate of drug-likeness (QED) is 0.687. The van der Waals surface area contributed by atoms with Gasteiger partial charge in [0.15, 0.2) is 0 Å². The van der Waals surface area contributed by atoms with Gasteiger partial charge >= 0.3 is 0 Å². The van der Waals surface area contributed by atoms with Crippen LogP contribution in [0.4, 0.5) is 0 Å². The Bertz CT molecular complexity index is 997. The van der Waals surface area contributed by atoms with Crippen molar-refractivity contribution >= 4 is 17.3 Å². The second-order valence-electron chi connectivity index (χ2n) is 8.34. The Kier molecular flexibility index (Phi) is 6.12. The van der Waals surface area contributed by atoms with Crippen LogP contribution in [-0.2, 0) is 12.0 Å². The maximum atomic E-state index is 6.40. The van der Waals surface area contributed by atoms with E-state index in [4.69, 9.17) is 16.6 Å². The van der Waals surface area contributed by atoms with E-state index in [1.807, 2.05) is 19.2 Å². The Morgan fingerprint density at radius 1 is 1.17 bits per heavy atom. The van der Waals surface area contributed by atoms with E-state index in [9.17, 15) is 0 Å². The van der Waals surface area contributed by atoms with Crippen molar-refractivity contribution in [2.45, 2.75) is 38.1 Å². The highest BCUT2D eigenvalue weighted by atomic mass is 35.5. The number of benzene rings is 2. The number of piperidine rings is 1. The second-order valence-corrected chi connectivity index (χ2v) is 8.75. The van der Waals surface area contributed by atoms with Crippen LogP contribution < -0.4 is 5.32 Å². The lowest BCUT2D eigenvalue weighted by atomic mass is 9.62. The minimum Gasteiger partial charge on any atom is -0.374 e. The van der Waals surface area contributed by atoms with Crippen LogP contribution in [-0.4, -0.2) is 30.7 Å². The smallest absolute Gasteiger partial charge is 0.119 e. The molecule has 1 saturated heterocycles. The van der Waals surface area contributed by atoms with Crippen LogP contribution in [0.3, 0.4) is 0 Å². The fourth-order valence-corrected chi connectivity index (χ4v) is 5.08. The highest BCUT2D eigenvalue weighted by molar-refractivity contribution is 6.31. The molecule has 1 spiro atoms. The number of halogens is 1. The highest BCUT2D eigenvalue weighted by Crippen LogP contribution is 2.47. The van der Waals surface area contributed by atoms with Crippen molar-refractivity contribution in [3.05, 3.63) is 94.3 Å². The third-order valence-electron chi connectivity index (χ3n) is 6.64. The van der Waals surface area contributed by atoms with Gasteiger partial charge in [-0.1, -0.05) is 66.7 Å². The fraction of sp³-hybridized carbons (Fsp3) is 0.346. The molecule has 0 bridgehead atoms. The largest absolute Gasteiger partial charge is 0.374 e. The van der Waals surface area contributed by atoms with Gasteiger partial charge in [0.25, 0.3) is 0 Å². The van der Waals surface area contributed by atoms with Gasteiger partial charge < -0.3 is 5.32 Å². The minimum atomic E-state index is 0.176. The molecule has 1 aliphatic carbocycles. The van der Waals surface area contributed by atoms with Crippen molar-refractivity contribution < 1.29 is 0 Å². The third-order valence-corrected chi connectivity index (χ3v) is 7.00. The predicted octanol–water partition coefficient (Wildman–Crippen LogP) is 5.70. The van der Waals surface area contributed by atoms with Crippen molar-refractivity contribution in [2.24, 2.45) is 4.99 Å². The lowest BCUT2D eigenvalue weighted by molar-refractivity contribution is 0.151. The Hall–Kier alpha value is -2.36. The van der Waals surface area contributed by atoms with Crippen molar-refractivity contribution in [3.63, 3.8) is 0 Å². The van der Waals surface area contributed by atoms with Gasteiger partial charge in [0.2, 0.25) is 0 Å². The van der Waals surface area contributed by atoms with Crippen LogP contribution in [0, 0.1) is 0 Å². The van der Waals surface area contributed by atoms with Gasteiger partial charge in [-0.05, 0) is 62.0 Å². The molecule has 0 saturated carbocycles. The molecule has 1 fully saturated rings. The Balaban J connectivity index is 1.62. The molecule has 1 heterocycles. The summed E-state index contributed by atoms with van der Waals surface area (Å²) in [4.78, 5) is 7.36. The van der Waals surface area contributed by atoms with E-state index >= 15 is 0 Å². The summed E-state index contributed by atoms with van der Waals surface area (Å²) in [6, 6.07) is 17.0. The summed E-state index contributed by atoms with van der Waals surface area (Å²) in [5, 5.41) is 3.93. The summed E-state index contributed by atoms with van der Waals surface area (Å²) < 4.78 is 0. The van der Waals surface area contributed by atoms with Gasteiger partial charge in [0.05, 0.1) is 5.71 Å². The van der Waals surface area contributed by atoms with Crippen LogP contribution in [0.2, 0.25) is 5.02 Å². The molecule has 1 aliphatic heterocycles. The Morgan fingerprint density at radius 2 is 1.87 bits per heavy atom. The average Bonchev–Trinajstić information content (AvgIpc) is 2.78. The number of fused-ring (bicyclic) bond motifs is 2. The molecule has 0 radical (unpaired) electrons. The highest BCUT2D eigenvalue weighted by Gasteiger charge is 2.42. The van der Waals surface area contributed by atoms with E-state index in [1.54, 1.807) is 0 Å². The molecule has 30 heavy (non-hydrogen) atoms. The van der Waals surface area contributed by atoms with Gasteiger partial charge in [-0.15, -0.1) is 0 Å². The summed E-state index contributed by atoms with van der Waals surface area (Å²) in [5.41, 5.74) is 6.48. The maximum Gasteiger partial charge on any atom is 0.119 e. The molecule has 0 unspecified atom stereocenters. The number of hydrogen-bond donors (Lipinski definition) is 1. The number of allylic oxidation sites excluding steroid dienone is 2. The van der Waals surface area contributed by atoms with Crippen molar-refractivity contribution in [2.75, 3.05) is 20.1 Å². The zero-order valence-electron chi connectivity index (χ0n) is 17.9. The number of likely N-dealkylation sites (tertiary alicyclic amines) is 1. The zero-order chi connectivity index (χ0) is 21.1. The second kappa shape index (κ2) is 8.79. The average molecular weight is 420 g/mol. The molecule has 2 aromatic rings. The summed E-state index contributed by atoms with van der Waals surface area (Å²) in [7, 11) is 1.87. The topological polar surface area (TPSA) is 27.6 Å². The molecule has 4 rings (SSSR count). The minimum absolute atomic E-state index is 0.176. The molecule has 0 atom stereocenters. The standard InChI is InChI=1S/C26H30ClN3/c1-4-20-17-26(23-11-7-6-10-22(23)25(20)29-19(2)28-3)13-15-30(16-14-26)18-21-9-5-8-12-24(21)27/h4-12,28H,2,13-18H2,1,3H3/b20-4-,29-25+. The summed E-state index contributed by atoms with van der Waals surface area (Å²) in [6.45, 7) is 9.22. The first-order chi connectivity index (χ1) is 14.6. The molecule has 4 heteroatoms. The van der Waals surface area contributed by atoms with Gasteiger partial charge in [0.1, 0.15) is 5.82 Å². The predicted molar refractivity (Wildman–Crippen MR) is 127 cm³/mol. The van der Waals surface area contributed by atoms with Crippen molar-refractivity contribution in [3.8, 4) is 0 Å². The van der Waals surface area contributed by atoms with Crippen LogP contribution in [0.5, 0.6) is 0 Å². The van der Waals surface area contributed by atoms with E-state index in [0.29, 0.717) is 5.82 Å². The Labute approximate surface area is 185 Å². The number of aliphatic imine (C=N–C) groups is 1. The first-order valence-corrected chi connectivity index (χ1v) is 11.1. The van der Waals surface area contributed by atoms with Gasteiger partial charge in [-0.2, -0.15) is 0 Å². The SMILES string of the molecule is C=C(/N=C1\C(=C/C)CC2(CCN(Cc3ccccc3Cl)CC2)c2ccccc21)NC. The van der Waals surface area contributed by atoms with E-state index in [0.717, 1.165) is 49.6 Å². The lowest BCUT2D eigenvalue weighted by Gasteiger charge is -2.46. The van der Waals surface area contributed by atoms with Crippen LogP contribution in [0.25, 0.3) is 0 Å². The molecule has 0 amide bonds. The number of rotatable bonds is 4. The van der Waals surface area contributed by atoms with Gasteiger partial charge in [0, 0.05) is 29.6 Å². The molecule has 1 N–H and O–H groups in total. The van der Waals surface area contributed by atoms with E-state index in [2.05, 4.69) is 66.2 Å². The first kappa shape index (κ1) is 20.9. The molecule has 0 aromatic heterocycles. The lowest BCUT2D eigenvalue weighted by Crippen LogP contribution is -2.45. The summed E-state index contributed by atoms with van der Waals surface area (Å²) in [6.07, 6.45) is 5.56. The van der Waals surface area contributed by atoms with Crippen LogP contribution in [0.15, 0.2) is 77.6 Å². The fourth-order valence-electron chi connectivity index (χ4n) is 4.88. The summed E-state index contributed by atoms with van der Waals surface area (Å²) >= 11 is 6.40. The van der Waals surface area contributed by atoms with E-state index in [-0.39, 0.29) is 5.41 Å². The van der Waals surface area contributed by atoms with Gasteiger partial charge in [-0.3, -0.25) is 4.90 Å². The first-order valence-electron chi connectivity index (χ1n) is 10.7. The molecule has 2 aliphatic rings. The number of hydrogen-bond acceptors (Lipinski definition) is 3. The van der Waals surface area contributed by atoms with E-state index < -0.39 is 0 Å².